The average molecular weight is 226 g/mol. The molecule has 0 saturated heterocycles. The Morgan fingerprint density at radius 3 is 2.06 bits per heavy atom. The van der Waals surface area contributed by atoms with Gasteiger partial charge in [-0.05, 0) is 61.1 Å². The molecule has 1 nitrogen and oxygen atoms in total. The number of phenols is 1. The molecule has 0 unspecified atom stereocenters. The van der Waals surface area contributed by atoms with Gasteiger partial charge >= 0.3 is 0 Å². The van der Waals surface area contributed by atoms with Gasteiger partial charge in [0, 0.05) is 0 Å². The third-order valence-corrected chi connectivity index (χ3v) is 3.19. The second-order valence-electron chi connectivity index (χ2n) is 4.54. The van der Waals surface area contributed by atoms with E-state index in [1.807, 2.05) is 18.2 Å². The lowest BCUT2D eigenvalue weighted by atomic mass is 9.96. The number of phenolic OH excluding ortho intramolecular Hbond substituents is 1. The maximum Gasteiger partial charge on any atom is 0.116 e. The largest absolute Gasteiger partial charge is 0.508 e. The summed E-state index contributed by atoms with van der Waals surface area (Å²) in [6.07, 6.45) is 2.08. The summed E-state index contributed by atoms with van der Waals surface area (Å²) in [5.74, 6) is 0.364. The minimum Gasteiger partial charge on any atom is -0.508 e. The predicted molar refractivity (Wildman–Crippen MR) is 71.4 cm³/mol. The lowest BCUT2D eigenvalue weighted by Gasteiger charge is -2.10. The molecule has 2 aromatic carbocycles. The van der Waals surface area contributed by atoms with E-state index in [4.69, 9.17) is 0 Å². The van der Waals surface area contributed by atoms with E-state index in [1.165, 1.54) is 22.3 Å². The van der Waals surface area contributed by atoms with Crippen molar-refractivity contribution in [1.29, 1.82) is 0 Å². The van der Waals surface area contributed by atoms with Gasteiger partial charge in [-0.1, -0.05) is 30.3 Å². The highest BCUT2D eigenvalue weighted by Crippen LogP contribution is 2.22. The summed E-state index contributed by atoms with van der Waals surface area (Å²) in [5.41, 5.74) is 5.07. The van der Waals surface area contributed by atoms with Crippen molar-refractivity contribution in [3.63, 3.8) is 0 Å². The van der Waals surface area contributed by atoms with Gasteiger partial charge in [0.2, 0.25) is 0 Å². The molecule has 2 aromatic rings. The van der Waals surface area contributed by atoms with Crippen LogP contribution in [0.5, 0.6) is 5.75 Å². The van der Waals surface area contributed by atoms with Crippen molar-refractivity contribution in [1.82, 2.24) is 0 Å². The monoisotopic (exact) mass is 226 g/mol. The number of hydrogen-bond acceptors (Lipinski definition) is 1. The molecule has 0 aliphatic heterocycles. The van der Waals surface area contributed by atoms with Crippen LogP contribution < -0.4 is 0 Å². The topological polar surface area (TPSA) is 20.2 Å². The number of rotatable bonds is 3. The van der Waals surface area contributed by atoms with Gasteiger partial charge in [0.05, 0.1) is 0 Å². The molecule has 0 aliphatic carbocycles. The summed E-state index contributed by atoms with van der Waals surface area (Å²) in [4.78, 5) is 0. The first-order valence-corrected chi connectivity index (χ1v) is 6.00. The predicted octanol–water partition coefficient (Wildman–Crippen LogP) is 3.79. The summed E-state index contributed by atoms with van der Waals surface area (Å²) in [6.45, 7) is 4.13. The highest BCUT2D eigenvalue weighted by molar-refractivity contribution is 5.40. The molecule has 0 heterocycles. The highest BCUT2D eigenvalue weighted by Gasteiger charge is 2.05. The molecule has 1 N–H and O–H groups in total. The standard InChI is InChI=1S/C16H18O/c1-12-10-15(17)11-13(2)16(12)9-8-14-6-4-3-5-7-14/h3-7,10-11,17H,8-9H2,1-2H3. The van der Waals surface area contributed by atoms with Gasteiger partial charge in [-0.2, -0.15) is 0 Å². The maximum absolute atomic E-state index is 9.50. The molecule has 88 valence electrons. The Kier molecular flexibility index (Phi) is 3.48. The Balaban J connectivity index is 2.15. The normalized spacial score (nSPS) is 10.5. The molecule has 0 aromatic heterocycles. The van der Waals surface area contributed by atoms with Gasteiger partial charge in [-0.15, -0.1) is 0 Å². The number of aromatic hydroxyl groups is 1. The lowest BCUT2D eigenvalue weighted by molar-refractivity contribution is 0.474. The summed E-state index contributed by atoms with van der Waals surface area (Å²) in [5, 5.41) is 9.50. The van der Waals surface area contributed by atoms with E-state index in [2.05, 4.69) is 38.1 Å². The minimum atomic E-state index is 0.364. The smallest absolute Gasteiger partial charge is 0.116 e. The Labute approximate surface area is 103 Å². The zero-order valence-electron chi connectivity index (χ0n) is 10.4. The van der Waals surface area contributed by atoms with E-state index in [1.54, 1.807) is 0 Å². The van der Waals surface area contributed by atoms with Crippen LogP contribution in [0.25, 0.3) is 0 Å². The third-order valence-electron chi connectivity index (χ3n) is 3.19. The third kappa shape index (κ3) is 2.88. The van der Waals surface area contributed by atoms with Crippen LogP contribution in [0.15, 0.2) is 42.5 Å². The fourth-order valence-electron chi connectivity index (χ4n) is 2.28. The van der Waals surface area contributed by atoms with Crippen molar-refractivity contribution < 1.29 is 5.11 Å². The molecular formula is C16H18O. The van der Waals surface area contributed by atoms with E-state index >= 15 is 0 Å². The van der Waals surface area contributed by atoms with Crippen LogP contribution >= 0.6 is 0 Å². The van der Waals surface area contributed by atoms with Crippen molar-refractivity contribution in [2.24, 2.45) is 0 Å². The summed E-state index contributed by atoms with van der Waals surface area (Å²) < 4.78 is 0. The van der Waals surface area contributed by atoms with E-state index < -0.39 is 0 Å². The van der Waals surface area contributed by atoms with Gasteiger partial charge in [-0.25, -0.2) is 0 Å². The molecule has 0 bridgehead atoms. The molecule has 0 spiro atoms. The van der Waals surface area contributed by atoms with E-state index in [-0.39, 0.29) is 0 Å². The van der Waals surface area contributed by atoms with Crippen molar-refractivity contribution in [2.45, 2.75) is 26.7 Å². The van der Waals surface area contributed by atoms with Crippen LogP contribution in [0.3, 0.4) is 0 Å². The fraction of sp³-hybridized carbons (Fsp3) is 0.250. The second kappa shape index (κ2) is 5.05. The van der Waals surface area contributed by atoms with Crippen molar-refractivity contribution >= 4 is 0 Å². The second-order valence-corrected chi connectivity index (χ2v) is 4.54. The van der Waals surface area contributed by atoms with Gasteiger partial charge < -0.3 is 5.11 Å². The number of hydrogen-bond donors (Lipinski definition) is 1. The van der Waals surface area contributed by atoms with Crippen LogP contribution in [-0.4, -0.2) is 5.11 Å². The molecular weight excluding hydrogens is 208 g/mol. The molecule has 0 fully saturated rings. The van der Waals surface area contributed by atoms with Crippen LogP contribution in [-0.2, 0) is 12.8 Å². The van der Waals surface area contributed by atoms with Crippen LogP contribution in [0.4, 0.5) is 0 Å². The molecule has 0 atom stereocenters. The zero-order chi connectivity index (χ0) is 12.3. The van der Waals surface area contributed by atoms with E-state index in [0.717, 1.165) is 12.8 Å². The number of benzene rings is 2. The highest BCUT2D eigenvalue weighted by atomic mass is 16.3. The van der Waals surface area contributed by atoms with Crippen molar-refractivity contribution in [3.8, 4) is 5.75 Å². The molecule has 0 radical (unpaired) electrons. The Hall–Kier alpha value is -1.76. The fourth-order valence-corrected chi connectivity index (χ4v) is 2.28. The Morgan fingerprint density at radius 2 is 1.47 bits per heavy atom. The Morgan fingerprint density at radius 1 is 0.882 bits per heavy atom. The molecule has 1 heteroatoms. The van der Waals surface area contributed by atoms with E-state index in [9.17, 15) is 5.11 Å². The van der Waals surface area contributed by atoms with Crippen molar-refractivity contribution in [2.75, 3.05) is 0 Å². The summed E-state index contributed by atoms with van der Waals surface area (Å²) >= 11 is 0. The Bertz CT molecular complexity index is 477. The first-order valence-electron chi connectivity index (χ1n) is 6.00. The van der Waals surface area contributed by atoms with Gasteiger partial charge in [-0.3, -0.25) is 0 Å². The first-order chi connectivity index (χ1) is 8.16. The average Bonchev–Trinajstić information content (AvgIpc) is 2.29. The molecule has 17 heavy (non-hydrogen) atoms. The van der Waals surface area contributed by atoms with Crippen LogP contribution in [0, 0.1) is 13.8 Å². The first kappa shape index (κ1) is 11.7. The van der Waals surface area contributed by atoms with Gasteiger partial charge in [0.1, 0.15) is 5.75 Å². The van der Waals surface area contributed by atoms with E-state index in [0.29, 0.717) is 5.75 Å². The molecule has 0 saturated carbocycles. The van der Waals surface area contributed by atoms with Gasteiger partial charge in [0.25, 0.3) is 0 Å². The van der Waals surface area contributed by atoms with Crippen LogP contribution in [0.1, 0.15) is 22.3 Å². The number of aryl methyl sites for hydroxylation is 3. The quantitative estimate of drug-likeness (QED) is 0.844. The minimum absolute atomic E-state index is 0.364. The maximum atomic E-state index is 9.50. The lowest BCUT2D eigenvalue weighted by Crippen LogP contribution is -1.97. The summed E-state index contributed by atoms with van der Waals surface area (Å²) in [7, 11) is 0. The van der Waals surface area contributed by atoms with Gasteiger partial charge in [0.15, 0.2) is 0 Å². The zero-order valence-corrected chi connectivity index (χ0v) is 10.4. The molecule has 0 amide bonds. The SMILES string of the molecule is Cc1cc(O)cc(C)c1CCc1ccccc1. The molecule has 0 aliphatic rings. The molecule has 2 rings (SSSR count). The van der Waals surface area contributed by atoms with Crippen LogP contribution in [0.2, 0.25) is 0 Å². The van der Waals surface area contributed by atoms with Crippen molar-refractivity contribution in [3.05, 3.63) is 64.7 Å². The summed E-state index contributed by atoms with van der Waals surface area (Å²) in [6, 6.07) is 14.2.